The van der Waals surface area contributed by atoms with Crippen LogP contribution in [0.5, 0.6) is 5.75 Å². The van der Waals surface area contributed by atoms with E-state index in [1.807, 2.05) is 36.4 Å². The van der Waals surface area contributed by atoms with Crippen LogP contribution in [0, 0.1) is 0 Å². The molecule has 0 bridgehead atoms. The van der Waals surface area contributed by atoms with Crippen LogP contribution in [0.3, 0.4) is 0 Å². The quantitative estimate of drug-likeness (QED) is 0.475. The van der Waals surface area contributed by atoms with E-state index < -0.39 is 0 Å². The third-order valence-electron chi connectivity index (χ3n) is 4.09. The largest absolute Gasteiger partial charge is 0.492 e. The lowest BCUT2D eigenvalue weighted by Crippen LogP contribution is -2.12. The molecule has 28 heavy (non-hydrogen) atoms. The molecule has 1 N–H and O–H groups in total. The molecule has 0 aliphatic rings. The summed E-state index contributed by atoms with van der Waals surface area (Å²) in [6.07, 6.45) is 5.36. The van der Waals surface area contributed by atoms with Crippen LogP contribution >= 0.6 is 23.2 Å². The highest BCUT2D eigenvalue weighted by Crippen LogP contribution is 2.27. The van der Waals surface area contributed by atoms with Gasteiger partial charge < -0.3 is 10.1 Å². The summed E-state index contributed by atoms with van der Waals surface area (Å²) in [7, 11) is 0. The summed E-state index contributed by atoms with van der Waals surface area (Å²) >= 11 is 11.9. The number of hydrogen-bond acceptors (Lipinski definition) is 3. The van der Waals surface area contributed by atoms with Gasteiger partial charge in [-0.3, -0.25) is 9.78 Å². The smallest absolute Gasteiger partial charge is 0.224 e. The van der Waals surface area contributed by atoms with Gasteiger partial charge in [-0.1, -0.05) is 35.3 Å². The summed E-state index contributed by atoms with van der Waals surface area (Å²) in [5.74, 6) is 0.518. The van der Waals surface area contributed by atoms with Crippen molar-refractivity contribution in [1.82, 2.24) is 4.98 Å². The SMILES string of the molecule is O=C(CCCOc1ccc(Cl)cc1Cl)Nc1ccc(Cc2ccncc2)cc1. The molecule has 0 radical (unpaired) electrons. The minimum absolute atomic E-state index is 0.0484. The molecule has 0 spiro atoms. The van der Waals surface area contributed by atoms with E-state index in [1.165, 1.54) is 11.1 Å². The van der Waals surface area contributed by atoms with Gasteiger partial charge in [-0.25, -0.2) is 0 Å². The number of aromatic nitrogens is 1. The molecule has 0 saturated heterocycles. The number of hydrogen-bond donors (Lipinski definition) is 1. The molecule has 0 aliphatic carbocycles. The third kappa shape index (κ3) is 6.25. The average Bonchev–Trinajstić information content (AvgIpc) is 2.69. The molecule has 1 aromatic heterocycles. The van der Waals surface area contributed by atoms with Crippen molar-refractivity contribution in [3.8, 4) is 5.75 Å². The summed E-state index contributed by atoms with van der Waals surface area (Å²) in [5.41, 5.74) is 3.16. The lowest BCUT2D eigenvalue weighted by molar-refractivity contribution is -0.116. The Balaban J connectivity index is 1.40. The minimum Gasteiger partial charge on any atom is -0.492 e. The maximum atomic E-state index is 12.1. The van der Waals surface area contributed by atoms with Crippen LogP contribution < -0.4 is 10.1 Å². The molecule has 3 aromatic rings. The first-order chi connectivity index (χ1) is 13.6. The van der Waals surface area contributed by atoms with Crippen molar-refractivity contribution in [3.63, 3.8) is 0 Å². The average molecular weight is 415 g/mol. The number of pyridine rings is 1. The molecule has 0 saturated carbocycles. The third-order valence-corrected chi connectivity index (χ3v) is 4.63. The molecular formula is C22H20Cl2N2O2. The van der Waals surface area contributed by atoms with Crippen LogP contribution in [-0.4, -0.2) is 17.5 Å². The van der Waals surface area contributed by atoms with Gasteiger partial charge in [0.1, 0.15) is 5.75 Å². The van der Waals surface area contributed by atoms with E-state index in [0.717, 1.165) is 12.1 Å². The van der Waals surface area contributed by atoms with Gasteiger partial charge in [-0.15, -0.1) is 0 Å². The van der Waals surface area contributed by atoms with Gasteiger partial charge >= 0.3 is 0 Å². The van der Waals surface area contributed by atoms with Crippen molar-refractivity contribution in [2.24, 2.45) is 0 Å². The van der Waals surface area contributed by atoms with Gasteiger partial charge in [0, 0.05) is 29.5 Å². The molecular weight excluding hydrogens is 395 g/mol. The Labute approximate surface area is 174 Å². The number of nitrogens with one attached hydrogen (secondary N) is 1. The number of ether oxygens (including phenoxy) is 1. The van der Waals surface area contributed by atoms with Gasteiger partial charge in [0.15, 0.2) is 0 Å². The lowest BCUT2D eigenvalue weighted by atomic mass is 10.1. The number of nitrogens with zero attached hydrogens (tertiary/aromatic N) is 1. The zero-order valence-corrected chi connectivity index (χ0v) is 16.7. The Morgan fingerprint density at radius 1 is 0.964 bits per heavy atom. The van der Waals surface area contributed by atoms with Crippen LogP contribution in [0.1, 0.15) is 24.0 Å². The molecule has 0 aliphatic heterocycles. The molecule has 0 unspecified atom stereocenters. The van der Waals surface area contributed by atoms with Crippen molar-refractivity contribution < 1.29 is 9.53 Å². The molecule has 1 heterocycles. The number of anilines is 1. The highest BCUT2D eigenvalue weighted by Gasteiger charge is 2.05. The van der Waals surface area contributed by atoms with Crippen LogP contribution in [0.4, 0.5) is 5.69 Å². The summed E-state index contributed by atoms with van der Waals surface area (Å²) in [4.78, 5) is 16.1. The van der Waals surface area contributed by atoms with Gasteiger partial charge in [0.05, 0.1) is 11.6 Å². The van der Waals surface area contributed by atoms with E-state index >= 15 is 0 Å². The zero-order valence-electron chi connectivity index (χ0n) is 15.2. The lowest BCUT2D eigenvalue weighted by Gasteiger charge is -2.09. The number of rotatable bonds is 8. The Hall–Kier alpha value is -2.56. The highest BCUT2D eigenvalue weighted by atomic mass is 35.5. The monoisotopic (exact) mass is 414 g/mol. The summed E-state index contributed by atoms with van der Waals surface area (Å²) in [5, 5.41) is 3.92. The molecule has 2 aromatic carbocycles. The first-order valence-electron chi connectivity index (χ1n) is 8.96. The van der Waals surface area contributed by atoms with E-state index in [0.29, 0.717) is 35.2 Å². The maximum Gasteiger partial charge on any atom is 0.224 e. The fourth-order valence-corrected chi connectivity index (χ4v) is 3.14. The summed E-state index contributed by atoms with van der Waals surface area (Å²) < 4.78 is 5.59. The fourth-order valence-electron chi connectivity index (χ4n) is 2.67. The van der Waals surface area contributed by atoms with Crippen molar-refractivity contribution in [3.05, 3.63) is 88.2 Å². The molecule has 6 heteroatoms. The molecule has 3 rings (SSSR count). The normalized spacial score (nSPS) is 10.5. The molecule has 144 valence electrons. The zero-order chi connectivity index (χ0) is 19.8. The topological polar surface area (TPSA) is 51.2 Å². The standard InChI is InChI=1S/C22H20Cl2N2O2/c23-18-5-8-21(20(24)15-18)28-13-1-2-22(27)26-19-6-3-16(4-7-19)14-17-9-11-25-12-10-17/h3-12,15H,1-2,13-14H2,(H,26,27). The summed E-state index contributed by atoms with van der Waals surface area (Å²) in [6.45, 7) is 0.402. The van der Waals surface area contributed by atoms with Gasteiger partial charge in [-0.05, 0) is 66.4 Å². The van der Waals surface area contributed by atoms with E-state index in [2.05, 4.69) is 10.3 Å². The van der Waals surface area contributed by atoms with E-state index in [4.69, 9.17) is 27.9 Å². The van der Waals surface area contributed by atoms with E-state index in [-0.39, 0.29) is 5.91 Å². The fraction of sp³-hybridized carbons (Fsp3) is 0.182. The number of amides is 1. The Morgan fingerprint density at radius 2 is 1.68 bits per heavy atom. The highest BCUT2D eigenvalue weighted by molar-refractivity contribution is 6.35. The van der Waals surface area contributed by atoms with E-state index in [1.54, 1.807) is 30.6 Å². The van der Waals surface area contributed by atoms with Crippen LogP contribution in [0.25, 0.3) is 0 Å². The summed E-state index contributed by atoms with van der Waals surface area (Å²) in [6, 6.07) is 16.9. The number of carbonyl (C=O) groups is 1. The first-order valence-corrected chi connectivity index (χ1v) is 9.71. The van der Waals surface area contributed by atoms with Crippen LogP contribution in [0.2, 0.25) is 10.0 Å². The predicted octanol–water partition coefficient (Wildman–Crippen LogP) is 5.78. The predicted molar refractivity (Wildman–Crippen MR) is 113 cm³/mol. The van der Waals surface area contributed by atoms with E-state index in [9.17, 15) is 4.79 Å². The van der Waals surface area contributed by atoms with Gasteiger partial charge in [0.2, 0.25) is 5.91 Å². The van der Waals surface area contributed by atoms with Crippen molar-refractivity contribution in [2.75, 3.05) is 11.9 Å². The minimum atomic E-state index is -0.0484. The number of halogens is 2. The first kappa shape index (κ1) is 20.2. The molecule has 0 atom stereocenters. The van der Waals surface area contributed by atoms with Crippen LogP contribution in [0.15, 0.2) is 67.0 Å². The molecule has 4 nitrogen and oxygen atoms in total. The van der Waals surface area contributed by atoms with Gasteiger partial charge in [0.25, 0.3) is 0 Å². The second-order valence-corrected chi connectivity index (χ2v) is 7.15. The van der Waals surface area contributed by atoms with Gasteiger partial charge in [-0.2, -0.15) is 0 Å². The molecule has 1 amide bonds. The number of benzene rings is 2. The van der Waals surface area contributed by atoms with Crippen molar-refractivity contribution in [1.29, 1.82) is 0 Å². The Kier molecular flexibility index (Phi) is 7.29. The van der Waals surface area contributed by atoms with Crippen molar-refractivity contribution in [2.45, 2.75) is 19.3 Å². The Morgan fingerprint density at radius 3 is 2.39 bits per heavy atom. The second kappa shape index (κ2) is 10.1. The second-order valence-electron chi connectivity index (χ2n) is 6.30. The Bertz CT molecular complexity index is 916. The molecule has 0 fully saturated rings. The van der Waals surface area contributed by atoms with Crippen molar-refractivity contribution >= 4 is 34.8 Å². The maximum absolute atomic E-state index is 12.1. The number of carbonyl (C=O) groups excluding carboxylic acids is 1. The van der Waals surface area contributed by atoms with Crippen LogP contribution in [-0.2, 0) is 11.2 Å².